The quantitative estimate of drug-likeness (QED) is 0.893. The molecule has 1 aliphatic rings. The number of urea groups is 1. The van der Waals surface area contributed by atoms with E-state index in [4.69, 9.17) is 9.84 Å². The molecule has 1 aromatic rings. The number of carboxylic acids is 1. The number of hydrogen-bond donors (Lipinski definition) is 2. The maximum atomic E-state index is 12.3. The van der Waals surface area contributed by atoms with Gasteiger partial charge in [0.05, 0.1) is 25.7 Å². The number of nitrogens with zero attached hydrogens (tertiary/aromatic N) is 1. The lowest BCUT2D eigenvalue weighted by molar-refractivity contribution is -0.139. The number of ether oxygens (including phenoxy) is 1. The number of aliphatic carboxylic acids is 1. The number of carbonyl (C=O) groups excluding carboxylic acids is 1. The predicted molar refractivity (Wildman–Crippen MR) is 78.5 cm³/mol. The fraction of sp³-hybridized carbons (Fsp3) is 0.467. The highest BCUT2D eigenvalue weighted by atomic mass is 16.5. The molecule has 114 valence electrons. The molecule has 0 bridgehead atoms. The van der Waals surface area contributed by atoms with Crippen molar-refractivity contribution in [2.24, 2.45) is 0 Å². The smallest absolute Gasteiger partial charge is 0.322 e. The summed E-state index contributed by atoms with van der Waals surface area (Å²) in [5.41, 5.74) is 2.85. The van der Waals surface area contributed by atoms with Crippen molar-refractivity contribution in [3.63, 3.8) is 0 Å². The Morgan fingerprint density at radius 1 is 1.33 bits per heavy atom. The van der Waals surface area contributed by atoms with E-state index in [0.29, 0.717) is 13.2 Å². The molecule has 1 unspecified atom stereocenters. The maximum Gasteiger partial charge on any atom is 0.322 e. The van der Waals surface area contributed by atoms with Crippen molar-refractivity contribution in [1.29, 1.82) is 0 Å². The van der Waals surface area contributed by atoms with Gasteiger partial charge in [0.25, 0.3) is 0 Å². The highest BCUT2D eigenvalue weighted by Gasteiger charge is 2.29. The number of hydrogen-bond acceptors (Lipinski definition) is 3. The number of benzene rings is 1. The molecule has 0 spiro atoms. The molecule has 2 N–H and O–H groups in total. The number of carboxylic acid groups (broad SMARTS) is 1. The molecular weight excluding hydrogens is 272 g/mol. The van der Waals surface area contributed by atoms with E-state index in [9.17, 15) is 9.59 Å². The number of carbonyl (C=O) groups is 2. The number of nitrogens with one attached hydrogen (secondary N) is 1. The van der Waals surface area contributed by atoms with Gasteiger partial charge in [0.15, 0.2) is 0 Å². The number of amides is 2. The molecule has 0 saturated carbocycles. The van der Waals surface area contributed by atoms with Crippen molar-refractivity contribution >= 4 is 17.7 Å². The van der Waals surface area contributed by atoms with Gasteiger partial charge in [0.1, 0.15) is 0 Å². The van der Waals surface area contributed by atoms with Crippen LogP contribution in [0.3, 0.4) is 0 Å². The summed E-state index contributed by atoms with van der Waals surface area (Å²) in [6.45, 7) is 5.01. The van der Waals surface area contributed by atoms with Gasteiger partial charge in [0, 0.05) is 12.2 Å². The average molecular weight is 292 g/mol. The summed E-state index contributed by atoms with van der Waals surface area (Å²) in [5.74, 6) is -0.935. The summed E-state index contributed by atoms with van der Waals surface area (Å²) in [5, 5.41) is 11.7. The van der Waals surface area contributed by atoms with Crippen molar-refractivity contribution in [3.05, 3.63) is 29.3 Å². The Kier molecular flexibility index (Phi) is 4.80. The van der Waals surface area contributed by atoms with Gasteiger partial charge in [-0.3, -0.25) is 4.79 Å². The van der Waals surface area contributed by atoms with Crippen molar-refractivity contribution in [3.8, 4) is 0 Å². The van der Waals surface area contributed by atoms with Gasteiger partial charge in [0.2, 0.25) is 0 Å². The SMILES string of the molecule is Cc1cc(C)cc(NC(=O)N2CCOCC2CC(=O)O)c1. The van der Waals surface area contributed by atoms with Gasteiger partial charge in [-0.25, -0.2) is 4.79 Å². The average Bonchev–Trinajstić information content (AvgIpc) is 2.37. The second kappa shape index (κ2) is 6.58. The molecule has 1 aliphatic heterocycles. The van der Waals surface area contributed by atoms with E-state index in [1.165, 1.54) is 4.90 Å². The van der Waals surface area contributed by atoms with Crippen LogP contribution in [0.2, 0.25) is 0 Å². The fourth-order valence-electron chi connectivity index (χ4n) is 2.53. The minimum atomic E-state index is -0.935. The summed E-state index contributed by atoms with van der Waals surface area (Å²) in [6.07, 6.45) is -0.111. The zero-order chi connectivity index (χ0) is 15.4. The maximum absolute atomic E-state index is 12.3. The Bertz CT molecular complexity index is 524. The third-order valence-electron chi connectivity index (χ3n) is 3.37. The molecule has 1 aromatic carbocycles. The summed E-state index contributed by atoms with van der Waals surface area (Å²) in [7, 11) is 0. The van der Waals surface area contributed by atoms with E-state index in [-0.39, 0.29) is 19.1 Å². The molecule has 6 nitrogen and oxygen atoms in total. The van der Waals surface area contributed by atoms with Crippen molar-refractivity contribution in [1.82, 2.24) is 4.90 Å². The summed E-state index contributed by atoms with van der Waals surface area (Å²) < 4.78 is 5.27. The Hall–Kier alpha value is -2.08. The molecule has 6 heteroatoms. The second-order valence-electron chi connectivity index (χ2n) is 5.33. The Morgan fingerprint density at radius 3 is 2.62 bits per heavy atom. The van der Waals surface area contributed by atoms with Crippen molar-refractivity contribution in [2.45, 2.75) is 26.3 Å². The number of rotatable bonds is 3. The third-order valence-corrected chi connectivity index (χ3v) is 3.37. The molecule has 0 aromatic heterocycles. The van der Waals surface area contributed by atoms with E-state index < -0.39 is 12.0 Å². The molecule has 1 heterocycles. The highest BCUT2D eigenvalue weighted by molar-refractivity contribution is 5.90. The fourth-order valence-corrected chi connectivity index (χ4v) is 2.53. The topological polar surface area (TPSA) is 78.9 Å². The van der Waals surface area contributed by atoms with Crippen LogP contribution < -0.4 is 5.32 Å². The second-order valence-corrected chi connectivity index (χ2v) is 5.33. The number of morpholine rings is 1. The molecule has 2 amide bonds. The van der Waals surface area contributed by atoms with Gasteiger partial charge in [-0.05, 0) is 37.1 Å². The van der Waals surface area contributed by atoms with E-state index in [2.05, 4.69) is 5.32 Å². The lowest BCUT2D eigenvalue weighted by Crippen LogP contribution is -2.51. The highest BCUT2D eigenvalue weighted by Crippen LogP contribution is 2.17. The minimum Gasteiger partial charge on any atom is -0.481 e. The van der Waals surface area contributed by atoms with Crippen molar-refractivity contribution in [2.75, 3.05) is 25.1 Å². The van der Waals surface area contributed by atoms with Crippen LogP contribution in [0.1, 0.15) is 17.5 Å². The lowest BCUT2D eigenvalue weighted by atomic mass is 10.1. The van der Waals surface area contributed by atoms with E-state index in [1.54, 1.807) is 0 Å². The monoisotopic (exact) mass is 292 g/mol. The molecule has 0 aliphatic carbocycles. The zero-order valence-corrected chi connectivity index (χ0v) is 12.3. The first kappa shape index (κ1) is 15.3. The van der Waals surface area contributed by atoms with Crippen LogP contribution >= 0.6 is 0 Å². The first-order chi connectivity index (χ1) is 9.95. The Morgan fingerprint density at radius 2 is 2.00 bits per heavy atom. The first-order valence-corrected chi connectivity index (χ1v) is 6.91. The molecular formula is C15H20N2O4. The van der Waals surface area contributed by atoms with Crippen LogP contribution in [0.15, 0.2) is 18.2 Å². The van der Waals surface area contributed by atoms with Crippen LogP contribution in [0, 0.1) is 13.8 Å². The van der Waals surface area contributed by atoms with E-state index in [0.717, 1.165) is 16.8 Å². The zero-order valence-electron chi connectivity index (χ0n) is 12.3. The van der Waals surface area contributed by atoms with E-state index >= 15 is 0 Å². The van der Waals surface area contributed by atoms with Crippen LogP contribution in [0.25, 0.3) is 0 Å². The van der Waals surface area contributed by atoms with Gasteiger partial charge in [-0.15, -0.1) is 0 Å². The van der Waals surface area contributed by atoms with Crippen LogP contribution in [0.5, 0.6) is 0 Å². The number of aryl methyl sites for hydroxylation is 2. The molecule has 1 atom stereocenters. The van der Waals surface area contributed by atoms with E-state index in [1.807, 2.05) is 32.0 Å². The number of anilines is 1. The van der Waals surface area contributed by atoms with Crippen LogP contribution in [-0.2, 0) is 9.53 Å². The molecule has 21 heavy (non-hydrogen) atoms. The van der Waals surface area contributed by atoms with Gasteiger partial charge in [-0.2, -0.15) is 0 Å². The molecule has 2 rings (SSSR count). The third kappa shape index (κ3) is 4.19. The molecule has 0 radical (unpaired) electrons. The normalized spacial score (nSPS) is 18.4. The predicted octanol–water partition coefficient (Wildman–Crippen LogP) is 2.01. The lowest BCUT2D eigenvalue weighted by Gasteiger charge is -2.34. The summed E-state index contributed by atoms with van der Waals surface area (Å²) in [6, 6.07) is 5.09. The van der Waals surface area contributed by atoms with Gasteiger partial charge < -0.3 is 20.1 Å². The van der Waals surface area contributed by atoms with Gasteiger partial charge >= 0.3 is 12.0 Å². The Balaban J connectivity index is 2.08. The standard InChI is InChI=1S/C15H20N2O4/c1-10-5-11(2)7-12(6-10)16-15(20)17-3-4-21-9-13(17)8-14(18)19/h5-7,13H,3-4,8-9H2,1-2H3,(H,16,20)(H,18,19). The van der Waals surface area contributed by atoms with Crippen molar-refractivity contribution < 1.29 is 19.4 Å². The summed E-state index contributed by atoms with van der Waals surface area (Å²) in [4.78, 5) is 24.8. The Labute approximate surface area is 123 Å². The first-order valence-electron chi connectivity index (χ1n) is 6.91. The van der Waals surface area contributed by atoms with Gasteiger partial charge in [-0.1, -0.05) is 6.07 Å². The minimum absolute atomic E-state index is 0.111. The van der Waals surface area contributed by atoms with Crippen LogP contribution in [-0.4, -0.2) is 47.8 Å². The van der Waals surface area contributed by atoms with Crippen LogP contribution in [0.4, 0.5) is 10.5 Å². The molecule has 1 fully saturated rings. The molecule has 1 saturated heterocycles. The largest absolute Gasteiger partial charge is 0.481 e. The summed E-state index contributed by atoms with van der Waals surface area (Å²) >= 11 is 0.